The Labute approximate surface area is 476 Å². The highest BCUT2D eigenvalue weighted by Crippen LogP contribution is 2.16. The van der Waals surface area contributed by atoms with Gasteiger partial charge in [0.05, 0.1) is 0 Å². The van der Waals surface area contributed by atoms with E-state index in [1.165, 1.54) is 141 Å². The highest BCUT2D eigenvalue weighted by atomic mass is 16.6. The molecule has 0 aliphatic rings. The second-order valence-electron chi connectivity index (χ2n) is 21.3. The summed E-state index contributed by atoms with van der Waals surface area (Å²) in [6, 6.07) is 0. The van der Waals surface area contributed by atoms with Crippen molar-refractivity contribution < 1.29 is 28.6 Å². The highest BCUT2D eigenvalue weighted by Gasteiger charge is 2.19. The Morgan fingerprint density at radius 3 is 0.792 bits per heavy atom. The maximum atomic E-state index is 12.9. The zero-order valence-corrected chi connectivity index (χ0v) is 50.4. The second kappa shape index (κ2) is 64.6. The minimum atomic E-state index is -0.780. The summed E-state index contributed by atoms with van der Waals surface area (Å²) >= 11 is 0. The van der Waals surface area contributed by atoms with Crippen molar-refractivity contribution in [2.45, 2.75) is 309 Å². The smallest absolute Gasteiger partial charge is 0.306 e. The van der Waals surface area contributed by atoms with E-state index in [1.807, 2.05) is 0 Å². The van der Waals surface area contributed by atoms with Crippen LogP contribution >= 0.6 is 0 Å². The Hall–Kier alpha value is -3.93. The molecular weight excluding hydrogens is 949 g/mol. The lowest BCUT2D eigenvalue weighted by Crippen LogP contribution is -2.30. The molecule has 0 spiro atoms. The van der Waals surface area contributed by atoms with Crippen molar-refractivity contribution in [2.24, 2.45) is 0 Å². The van der Waals surface area contributed by atoms with Gasteiger partial charge in [-0.1, -0.05) is 291 Å². The number of unbranched alkanes of at least 4 members (excludes halogenated alkanes) is 29. The molecule has 0 aliphatic carbocycles. The minimum Gasteiger partial charge on any atom is -0.462 e. The van der Waals surface area contributed by atoms with Gasteiger partial charge in [0.2, 0.25) is 0 Å². The van der Waals surface area contributed by atoms with Gasteiger partial charge in [0.1, 0.15) is 13.2 Å². The summed E-state index contributed by atoms with van der Waals surface area (Å²) in [5, 5.41) is 0. The van der Waals surface area contributed by atoms with Crippen LogP contribution < -0.4 is 0 Å². The third-order valence-corrected chi connectivity index (χ3v) is 13.8. The van der Waals surface area contributed by atoms with E-state index in [0.717, 1.165) is 122 Å². The third-order valence-electron chi connectivity index (χ3n) is 13.8. The standard InChI is InChI=1S/C71H120O6/c1-4-7-10-13-16-18-20-22-24-26-28-30-31-32-33-34-35-36-37-38-39-41-42-44-46-48-50-52-55-58-61-64-70(73)76-67-68(66-75-69(72)63-60-57-54-15-12-9-6-3)77-71(74)65-62-59-56-53-51-49-47-45-43-40-29-27-25-23-21-19-17-14-11-8-5-2/h7-8,10-11,16-19,22-25,28-30,32-33,40,68H,4-6,9,12-15,20-21,26-27,31,34-39,41-67H2,1-3H3/b10-7-,11-8-,18-16-,19-17-,24-22-,25-23-,30-28-,33-32-,40-29-. The predicted octanol–water partition coefficient (Wildman–Crippen LogP) is 22.2. The number of hydrogen-bond donors (Lipinski definition) is 0. The molecule has 1 atom stereocenters. The number of hydrogen-bond acceptors (Lipinski definition) is 6. The van der Waals surface area contributed by atoms with Crippen molar-refractivity contribution >= 4 is 17.9 Å². The van der Waals surface area contributed by atoms with E-state index >= 15 is 0 Å². The molecule has 0 aliphatic heterocycles. The fourth-order valence-corrected chi connectivity index (χ4v) is 8.99. The molecule has 6 heteroatoms. The van der Waals surface area contributed by atoms with E-state index in [4.69, 9.17) is 14.2 Å². The van der Waals surface area contributed by atoms with Crippen LogP contribution in [0.5, 0.6) is 0 Å². The van der Waals surface area contributed by atoms with Crippen LogP contribution in [-0.2, 0) is 28.6 Å². The fraction of sp³-hybridized carbons (Fsp3) is 0.704. The first-order valence-corrected chi connectivity index (χ1v) is 32.4. The van der Waals surface area contributed by atoms with E-state index in [2.05, 4.69) is 130 Å². The van der Waals surface area contributed by atoms with Gasteiger partial charge in [-0.15, -0.1) is 0 Å². The van der Waals surface area contributed by atoms with Gasteiger partial charge in [0.15, 0.2) is 6.10 Å². The number of ether oxygens (including phenoxy) is 3. The average Bonchev–Trinajstić information content (AvgIpc) is 3.43. The third kappa shape index (κ3) is 62.8. The normalized spacial score (nSPS) is 12.8. The van der Waals surface area contributed by atoms with Crippen molar-refractivity contribution in [1.29, 1.82) is 0 Å². The van der Waals surface area contributed by atoms with E-state index in [-0.39, 0.29) is 31.1 Å². The molecule has 0 amide bonds. The van der Waals surface area contributed by atoms with Crippen molar-refractivity contribution in [3.05, 3.63) is 109 Å². The van der Waals surface area contributed by atoms with Crippen LogP contribution in [0.2, 0.25) is 0 Å². The molecule has 0 aromatic carbocycles. The SMILES string of the molecule is CC/C=C\C/C=C\C/C=C\C/C=C\C/C=C\CCCCCCCCCCCCCCCCCC(=O)OCC(COC(=O)CCCCCCCCC)OC(=O)CCCCCCCCCC/C=C\C/C=C\C/C=C\C/C=C\CC. The van der Waals surface area contributed by atoms with Crippen LogP contribution in [0.25, 0.3) is 0 Å². The summed E-state index contributed by atoms with van der Waals surface area (Å²) in [5.41, 5.74) is 0. The lowest BCUT2D eigenvalue weighted by molar-refractivity contribution is -0.167. The summed E-state index contributed by atoms with van der Waals surface area (Å²) < 4.78 is 16.8. The quantitative estimate of drug-likeness (QED) is 0.0261. The van der Waals surface area contributed by atoms with Crippen LogP contribution in [0.4, 0.5) is 0 Å². The van der Waals surface area contributed by atoms with Crippen LogP contribution in [-0.4, -0.2) is 37.2 Å². The average molecular weight is 1070 g/mol. The maximum absolute atomic E-state index is 12.9. The van der Waals surface area contributed by atoms with E-state index < -0.39 is 6.10 Å². The van der Waals surface area contributed by atoms with Gasteiger partial charge in [0.25, 0.3) is 0 Å². The predicted molar refractivity (Wildman–Crippen MR) is 334 cm³/mol. The van der Waals surface area contributed by atoms with Gasteiger partial charge < -0.3 is 14.2 Å². The van der Waals surface area contributed by atoms with Gasteiger partial charge in [-0.3, -0.25) is 14.4 Å². The Bertz CT molecular complexity index is 1560. The van der Waals surface area contributed by atoms with Crippen molar-refractivity contribution in [2.75, 3.05) is 13.2 Å². The van der Waals surface area contributed by atoms with Crippen LogP contribution in [0.15, 0.2) is 109 Å². The zero-order valence-electron chi connectivity index (χ0n) is 50.4. The molecule has 0 N–H and O–H groups in total. The molecule has 0 saturated carbocycles. The Balaban J connectivity index is 4.10. The van der Waals surface area contributed by atoms with Crippen molar-refractivity contribution in [3.8, 4) is 0 Å². The molecule has 0 radical (unpaired) electrons. The summed E-state index contributed by atoms with van der Waals surface area (Å²) in [6.45, 7) is 6.38. The van der Waals surface area contributed by atoms with Gasteiger partial charge in [-0.25, -0.2) is 0 Å². The summed E-state index contributed by atoms with van der Waals surface area (Å²) in [4.78, 5) is 38.1. The molecule has 0 aromatic heterocycles. The van der Waals surface area contributed by atoms with E-state index in [1.54, 1.807) is 0 Å². The van der Waals surface area contributed by atoms with Gasteiger partial charge in [0, 0.05) is 19.3 Å². The monoisotopic (exact) mass is 1070 g/mol. The Kier molecular flexibility index (Phi) is 61.3. The second-order valence-corrected chi connectivity index (χ2v) is 21.3. The lowest BCUT2D eigenvalue weighted by Gasteiger charge is -2.18. The minimum absolute atomic E-state index is 0.0793. The molecular formula is C71H120O6. The van der Waals surface area contributed by atoms with Gasteiger partial charge in [-0.2, -0.15) is 0 Å². The Morgan fingerprint density at radius 2 is 0.506 bits per heavy atom. The molecule has 440 valence electrons. The molecule has 0 heterocycles. The molecule has 0 bridgehead atoms. The van der Waals surface area contributed by atoms with E-state index in [9.17, 15) is 14.4 Å². The fourth-order valence-electron chi connectivity index (χ4n) is 8.99. The number of carbonyl (C=O) groups excluding carboxylic acids is 3. The van der Waals surface area contributed by atoms with Crippen molar-refractivity contribution in [3.63, 3.8) is 0 Å². The number of carbonyl (C=O) groups is 3. The molecule has 1 unspecified atom stereocenters. The molecule has 0 rings (SSSR count). The van der Waals surface area contributed by atoms with Gasteiger partial charge in [-0.05, 0) is 103 Å². The van der Waals surface area contributed by atoms with Gasteiger partial charge >= 0.3 is 17.9 Å². The molecule has 0 fully saturated rings. The lowest BCUT2D eigenvalue weighted by atomic mass is 10.0. The highest BCUT2D eigenvalue weighted by molar-refractivity contribution is 5.71. The van der Waals surface area contributed by atoms with Crippen LogP contribution in [0.3, 0.4) is 0 Å². The summed E-state index contributed by atoms with van der Waals surface area (Å²) in [7, 11) is 0. The first-order valence-electron chi connectivity index (χ1n) is 32.4. The first-order chi connectivity index (χ1) is 38.0. The van der Waals surface area contributed by atoms with Crippen molar-refractivity contribution in [1.82, 2.24) is 0 Å². The topological polar surface area (TPSA) is 78.9 Å². The molecule has 6 nitrogen and oxygen atoms in total. The summed E-state index contributed by atoms with van der Waals surface area (Å²) in [5.74, 6) is -0.886. The number of allylic oxidation sites excluding steroid dienone is 18. The molecule has 77 heavy (non-hydrogen) atoms. The largest absolute Gasteiger partial charge is 0.462 e. The number of rotatable bonds is 58. The number of esters is 3. The van der Waals surface area contributed by atoms with Crippen LogP contribution in [0, 0.1) is 0 Å². The molecule has 0 saturated heterocycles. The first kappa shape index (κ1) is 73.1. The molecule has 0 aromatic rings. The van der Waals surface area contributed by atoms with E-state index in [0.29, 0.717) is 19.3 Å². The maximum Gasteiger partial charge on any atom is 0.306 e. The zero-order chi connectivity index (χ0) is 55.7. The Morgan fingerprint density at radius 1 is 0.273 bits per heavy atom. The summed E-state index contributed by atoms with van der Waals surface area (Å²) in [6.07, 6.45) is 88.4. The van der Waals surface area contributed by atoms with Crippen LogP contribution in [0.1, 0.15) is 303 Å².